The van der Waals surface area contributed by atoms with E-state index in [0.717, 1.165) is 6.07 Å². The number of nitrogen functional groups attached to an aromatic ring is 1. The standard InChI is InChI=1S/C13H10ClF2NOS/c14-10-3-1-8(5-11(10)15)7-19(18)9-2-4-13(17)12(16)6-9/h1-6H,7,17H2. The third kappa shape index (κ3) is 3.30. The molecule has 0 aliphatic rings. The Balaban J connectivity index is 2.20. The van der Waals surface area contributed by atoms with Gasteiger partial charge in [-0.15, -0.1) is 0 Å². The zero-order chi connectivity index (χ0) is 14.0. The van der Waals surface area contributed by atoms with Crippen LogP contribution in [0.15, 0.2) is 41.3 Å². The van der Waals surface area contributed by atoms with Gasteiger partial charge in [0, 0.05) is 4.90 Å². The number of halogens is 3. The molecule has 0 heterocycles. The Morgan fingerprint density at radius 3 is 2.47 bits per heavy atom. The van der Waals surface area contributed by atoms with Crippen LogP contribution in [0.25, 0.3) is 0 Å². The zero-order valence-corrected chi connectivity index (χ0v) is 11.3. The smallest absolute Gasteiger partial charge is 0.147 e. The normalized spacial score (nSPS) is 12.4. The molecule has 0 radical (unpaired) electrons. The lowest BCUT2D eigenvalue weighted by Crippen LogP contribution is -1.99. The minimum atomic E-state index is -1.47. The molecule has 2 aromatic carbocycles. The molecule has 0 amide bonds. The second-order valence-corrected chi connectivity index (χ2v) is 5.78. The van der Waals surface area contributed by atoms with Crippen molar-refractivity contribution in [3.8, 4) is 0 Å². The van der Waals surface area contributed by atoms with E-state index in [-0.39, 0.29) is 16.5 Å². The minimum absolute atomic E-state index is 0.00159. The first-order valence-corrected chi connectivity index (χ1v) is 7.04. The Hall–Kier alpha value is -1.46. The monoisotopic (exact) mass is 301 g/mol. The van der Waals surface area contributed by atoms with Crippen LogP contribution in [0.5, 0.6) is 0 Å². The maximum absolute atomic E-state index is 13.3. The molecule has 0 aliphatic carbocycles. The van der Waals surface area contributed by atoms with Gasteiger partial charge in [-0.05, 0) is 35.9 Å². The van der Waals surface area contributed by atoms with Crippen molar-refractivity contribution in [3.05, 3.63) is 58.6 Å². The summed E-state index contributed by atoms with van der Waals surface area (Å²) in [7, 11) is -1.47. The van der Waals surface area contributed by atoms with Crippen molar-refractivity contribution in [1.29, 1.82) is 0 Å². The van der Waals surface area contributed by atoms with Gasteiger partial charge in [0.1, 0.15) is 11.6 Å². The predicted molar refractivity (Wildman–Crippen MR) is 72.3 cm³/mol. The fourth-order valence-corrected chi connectivity index (χ4v) is 2.73. The molecular weight excluding hydrogens is 292 g/mol. The van der Waals surface area contributed by atoms with Crippen molar-refractivity contribution in [2.24, 2.45) is 0 Å². The molecule has 0 aliphatic heterocycles. The Bertz CT molecular complexity index is 649. The van der Waals surface area contributed by atoms with E-state index in [9.17, 15) is 13.0 Å². The molecule has 2 N–H and O–H groups in total. The molecule has 0 saturated carbocycles. The number of hydrogen-bond donors (Lipinski definition) is 1. The molecule has 0 spiro atoms. The molecular formula is C13H10ClF2NOS. The SMILES string of the molecule is Nc1ccc(S(=O)Cc2ccc(Cl)c(F)c2)cc1F. The van der Waals surface area contributed by atoms with Crippen LogP contribution in [0.3, 0.4) is 0 Å². The van der Waals surface area contributed by atoms with Crippen molar-refractivity contribution in [2.45, 2.75) is 10.6 Å². The van der Waals surface area contributed by atoms with Crippen LogP contribution >= 0.6 is 11.6 Å². The van der Waals surface area contributed by atoms with E-state index in [1.54, 1.807) is 6.07 Å². The third-order valence-electron chi connectivity index (χ3n) is 2.52. The summed E-state index contributed by atoms with van der Waals surface area (Å²) in [5, 5.41) is 0.00746. The second kappa shape index (κ2) is 5.67. The molecule has 100 valence electrons. The van der Waals surface area contributed by atoms with Gasteiger partial charge in [0.25, 0.3) is 0 Å². The van der Waals surface area contributed by atoms with Gasteiger partial charge in [0.2, 0.25) is 0 Å². The van der Waals surface area contributed by atoms with Crippen LogP contribution < -0.4 is 5.73 Å². The number of hydrogen-bond acceptors (Lipinski definition) is 2. The molecule has 1 unspecified atom stereocenters. The van der Waals surface area contributed by atoms with Crippen LogP contribution in [-0.4, -0.2) is 4.21 Å². The lowest BCUT2D eigenvalue weighted by molar-refractivity contribution is 0.625. The topological polar surface area (TPSA) is 43.1 Å². The van der Waals surface area contributed by atoms with E-state index in [1.165, 1.54) is 24.3 Å². The van der Waals surface area contributed by atoms with Crippen molar-refractivity contribution < 1.29 is 13.0 Å². The summed E-state index contributed by atoms with van der Waals surface area (Å²) in [5.74, 6) is -1.11. The van der Waals surface area contributed by atoms with E-state index in [2.05, 4.69) is 0 Å². The molecule has 6 heteroatoms. The fraction of sp³-hybridized carbons (Fsp3) is 0.0769. The van der Waals surface area contributed by atoms with E-state index in [0.29, 0.717) is 10.5 Å². The molecule has 0 fully saturated rings. The quantitative estimate of drug-likeness (QED) is 0.882. The average molecular weight is 302 g/mol. The highest BCUT2D eigenvalue weighted by Gasteiger charge is 2.09. The summed E-state index contributed by atoms with van der Waals surface area (Å²) in [6, 6.07) is 8.15. The molecule has 0 aromatic heterocycles. The molecule has 2 aromatic rings. The first-order valence-electron chi connectivity index (χ1n) is 5.34. The summed E-state index contributed by atoms with van der Waals surface area (Å²) in [6.45, 7) is 0. The van der Waals surface area contributed by atoms with Crippen molar-refractivity contribution >= 4 is 28.1 Å². The van der Waals surface area contributed by atoms with Gasteiger partial charge in [-0.2, -0.15) is 0 Å². The molecule has 1 atom stereocenters. The van der Waals surface area contributed by atoms with E-state index >= 15 is 0 Å². The minimum Gasteiger partial charge on any atom is -0.396 e. The Labute approximate surface area is 116 Å². The fourth-order valence-electron chi connectivity index (χ4n) is 1.51. The lowest BCUT2D eigenvalue weighted by atomic mass is 10.2. The number of rotatable bonds is 3. The lowest BCUT2D eigenvalue weighted by Gasteiger charge is -2.05. The van der Waals surface area contributed by atoms with Gasteiger partial charge in [0.15, 0.2) is 0 Å². The van der Waals surface area contributed by atoms with E-state index in [1.807, 2.05) is 0 Å². The summed E-state index contributed by atoms with van der Waals surface area (Å²) in [5.41, 5.74) is 5.86. The molecule has 2 nitrogen and oxygen atoms in total. The first kappa shape index (κ1) is 14.0. The van der Waals surface area contributed by atoms with Gasteiger partial charge in [0.05, 0.1) is 27.3 Å². The molecule has 2 rings (SSSR count). The largest absolute Gasteiger partial charge is 0.396 e. The molecule has 0 bridgehead atoms. The second-order valence-electron chi connectivity index (χ2n) is 3.92. The third-order valence-corrected chi connectivity index (χ3v) is 4.20. The van der Waals surface area contributed by atoms with Crippen molar-refractivity contribution in [2.75, 3.05) is 5.73 Å². The highest BCUT2D eigenvalue weighted by Crippen LogP contribution is 2.20. The number of anilines is 1. The van der Waals surface area contributed by atoms with Gasteiger partial charge in [-0.3, -0.25) is 4.21 Å². The molecule has 0 saturated heterocycles. The van der Waals surface area contributed by atoms with Crippen LogP contribution in [0, 0.1) is 11.6 Å². The highest BCUT2D eigenvalue weighted by molar-refractivity contribution is 7.84. The van der Waals surface area contributed by atoms with Crippen LogP contribution in [0.2, 0.25) is 5.02 Å². The Morgan fingerprint density at radius 2 is 1.84 bits per heavy atom. The molecule has 19 heavy (non-hydrogen) atoms. The van der Waals surface area contributed by atoms with E-state index < -0.39 is 22.4 Å². The average Bonchev–Trinajstić information content (AvgIpc) is 2.37. The number of nitrogens with two attached hydrogens (primary N) is 1. The highest BCUT2D eigenvalue weighted by atomic mass is 35.5. The van der Waals surface area contributed by atoms with Gasteiger partial charge in [-0.25, -0.2) is 8.78 Å². The van der Waals surface area contributed by atoms with Crippen LogP contribution in [0.1, 0.15) is 5.56 Å². The van der Waals surface area contributed by atoms with Gasteiger partial charge >= 0.3 is 0 Å². The summed E-state index contributed by atoms with van der Waals surface area (Å²) in [4.78, 5) is 0.307. The van der Waals surface area contributed by atoms with Crippen molar-refractivity contribution in [3.63, 3.8) is 0 Å². The Kier molecular flexibility index (Phi) is 4.17. The van der Waals surface area contributed by atoms with Crippen molar-refractivity contribution in [1.82, 2.24) is 0 Å². The maximum atomic E-state index is 13.3. The Morgan fingerprint density at radius 1 is 1.11 bits per heavy atom. The van der Waals surface area contributed by atoms with Crippen LogP contribution in [-0.2, 0) is 16.6 Å². The van der Waals surface area contributed by atoms with Gasteiger partial charge in [-0.1, -0.05) is 17.7 Å². The first-order chi connectivity index (χ1) is 8.97. The summed E-state index contributed by atoms with van der Waals surface area (Å²) < 4.78 is 38.5. The van der Waals surface area contributed by atoms with E-state index in [4.69, 9.17) is 17.3 Å². The predicted octanol–water partition coefficient (Wildman–Crippen LogP) is 3.51. The van der Waals surface area contributed by atoms with Gasteiger partial charge < -0.3 is 5.73 Å². The summed E-state index contributed by atoms with van der Waals surface area (Å²) >= 11 is 5.56. The number of benzene rings is 2. The zero-order valence-electron chi connectivity index (χ0n) is 9.70. The maximum Gasteiger partial charge on any atom is 0.147 e. The summed E-state index contributed by atoms with van der Waals surface area (Å²) in [6.07, 6.45) is 0. The van der Waals surface area contributed by atoms with Crippen LogP contribution in [0.4, 0.5) is 14.5 Å².